The second-order valence-electron chi connectivity index (χ2n) is 11.1. The van der Waals surface area contributed by atoms with Crippen molar-refractivity contribution < 1.29 is 4.79 Å². The van der Waals surface area contributed by atoms with E-state index in [1.54, 1.807) is 0 Å². The molecule has 6 nitrogen and oxygen atoms in total. The minimum atomic E-state index is 0.137. The Hall–Kier alpha value is -2.18. The third-order valence-electron chi connectivity index (χ3n) is 8.78. The SMILES string of the molecule is CCn1nc(C(=O)N2CCCN(C)CC2)c2c1CC[C@@H](NCC1(c3ccccc3)CCCCC1)C2. The first-order valence-corrected chi connectivity index (χ1v) is 13.9. The first-order valence-electron chi connectivity index (χ1n) is 13.9. The summed E-state index contributed by atoms with van der Waals surface area (Å²) in [6.45, 7) is 7.62. The molecule has 1 aromatic heterocycles. The van der Waals surface area contributed by atoms with Gasteiger partial charge in [0.1, 0.15) is 0 Å². The third kappa shape index (κ3) is 5.19. The van der Waals surface area contributed by atoms with Crippen LogP contribution in [0.2, 0.25) is 0 Å². The fraction of sp³-hybridized carbons (Fsp3) is 0.655. The van der Waals surface area contributed by atoms with E-state index >= 15 is 0 Å². The van der Waals surface area contributed by atoms with Gasteiger partial charge in [0, 0.05) is 55.4 Å². The molecular weight excluding hydrogens is 434 g/mol. The van der Waals surface area contributed by atoms with Gasteiger partial charge in [0.15, 0.2) is 5.69 Å². The highest BCUT2D eigenvalue weighted by atomic mass is 16.2. The average Bonchev–Trinajstić information content (AvgIpc) is 3.13. The van der Waals surface area contributed by atoms with E-state index in [0.29, 0.717) is 11.7 Å². The molecule has 2 aliphatic carbocycles. The first-order chi connectivity index (χ1) is 17.1. The maximum atomic E-state index is 13.6. The van der Waals surface area contributed by atoms with Gasteiger partial charge in [0.25, 0.3) is 5.91 Å². The molecule has 0 unspecified atom stereocenters. The number of nitrogens with one attached hydrogen (secondary N) is 1. The number of aryl methyl sites for hydroxylation is 1. The van der Waals surface area contributed by atoms with Gasteiger partial charge in [-0.15, -0.1) is 0 Å². The van der Waals surface area contributed by atoms with E-state index in [-0.39, 0.29) is 11.3 Å². The molecule has 2 aromatic rings. The smallest absolute Gasteiger partial charge is 0.274 e. The lowest BCUT2D eigenvalue weighted by Crippen LogP contribution is -2.45. The minimum absolute atomic E-state index is 0.137. The molecule has 1 aliphatic heterocycles. The van der Waals surface area contributed by atoms with E-state index in [0.717, 1.165) is 65.0 Å². The van der Waals surface area contributed by atoms with Gasteiger partial charge in [-0.3, -0.25) is 9.48 Å². The lowest BCUT2D eigenvalue weighted by Gasteiger charge is -2.40. The molecule has 190 valence electrons. The van der Waals surface area contributed by atoms with Crippen molar-refractivity contribution in [3.8, 4) is 0 Å². The highest BCUT2D eigenvalue weighted by Gasteiger charge is 2.36. The number of nitrogens with zero attached hydrogens (tertiary/aromatic N) is 4. The number of carbonyl (C=O) groups is 1. The van der Waals surface area contributed by atoms with Gasteiger partial charge in [-0.05, 0) is 64.6 Å². The van der Waals surface area contributed by atoms with Gasteiger partial charge in [0.2, 0.25) is 0 Å². The number of rotatable bonds is 6. The maximum Gasteiger partial charge on any atom is 0.274 e. The van der Waals surface area contributed by atoms with Gasteiger partial charge in [-0.25, -0.2) is 0 Å². The number of aromatic nitrogens is 2. The predicted molar refractivity (Wildman–Crippen MR) is 141 cm³/mol. The van der Waals surface area contributed by atoms with Crippen molar-refractivity contribution in [3.63, 3.8) is 0 Å². The van der Waals surface area contributed by atoms with Crippen LogP contribution < -0.4 is 5.32 Å². The molecule has 1 saturated heterocycles. The number of amides is 1. The van der Waals surface area contributed by atoms with Crippen molar-refractivity contribution in [2.45, 2.75) is 82.7 Å². The van der Waals surface area contributed by atoms with Crippen molar-refractivity contribution in [1.82, 2.24) is 24.9 Å². The van der Waals surface area contributed by atoms with E-state index in [4.69, 9.17) is 5.10 Å². The molecule has 0 bridgehead atoms. The highest BCUT2D eigenvalue weighted by Crippen LogP contribution is 2.39. The summed E-state index contributed by atoms with van der Waals surface area (Å²) >= 11 is 0. The normalized spacial score (nSPS) is 23.0. The minimum Gasteiger partial charge on any atom is -0.336 e. The fourth-order valence-electron chi connectivity index (χ4n) is 6.62. The molecule has 6 heteroatoms. The molecule has 1 amide bonds. The predicted octanol–water partition coefficient (Wildman–Crippen LogP) is 4.03. The van der Waals surface area contributed by atoms with Crippen LogP contribution in [0.4, 0.5) is 0 Å². The Morgan fingerprint density at radius 1 is 1.06 bits per heavy atom. The monoisotopic (exact) mass is 477 g/mol. The summed E-state index contributed by atoms with van der Waals surface area (Å²) in [5.74, 6) is 0.137. The van der Waals surface area contributed by atoms with Gasteiger partial charge in [-0.2, -0.15) is 5.10 Å². The van der Waals surface area contributed by atoms with E-state index in [9.17, 15) is 4.79 Å². The van der Waals surface area contributed by atoms with E-state index in [1.165, 1.54) is 48.9 Å². The number of benzene rings is 1. The van der Waals surface area contributed by atoms with E-state index in [1.807, 2.05) is 4.90 Å². The molecule has 1 aromatic carbocycles. The van der Waals surface area contributed by atoms with Gasteiger partial charge < -0.3 is 15.1 Å². The fourth-order valence-corrected chi connectivity index (χ4v) is 6.62. The second kappa shape index (κ2) is 10.8. The molecule has 1 saturated carbocycles. The lowest BCUT2D eigenvalue weighted by atomic mass is 9.69. The Morgan fingerprint density at radius 2 is 1.86 bits per heavy atom. The molecule has 2 fully saturated rings. The van der Waals surface area contributed by atoms with Crippen molar-refractivity contribution in [1.29, 1.82) is 0 Å². The molecule has 0 spiro atoms. The highest BCUT2D eigenvalue weighted by molar-refractivity contribution is 5.94. The Kier molecular flexibility index (Phi) is 7.59. The summed E-state index contributed by atoms with van der Waals surface area (Å²) in [5.41, 5.74) is 4.94. The zero-order chi connectivity index (χ0) is 24.3. The molecule has 2 heterocycles. The molecule has 35 heavy (non-hydrogen) atoms. The summed E-state index contributed by atoms with van der Waals surface area (Å²) in [6.07, 6.45) is 10.6. The van der Waals surface area contributed by atoms with Crippen LogP contribution in [0.25, 0.3) is 0 Å². The third-order valence-corrected chi connectivity index (χ3v) is 8.78. The van der Waals surface area contributed by atoms with Crippen molar-refractivity contribution in [2.24, 2.45) is 0 Å². The maximum absolute atomic E-state index is 13.6. The summed E-state index contributed by atoms with van der Waals surface area (Å²) in [6, 6.07) is 11.6. The molecule has 1 N–H and O–H groups in total. The Balaban J connectivity index is 1.32. The Bertz CT molecular complexity index is 994. The second-order valence-corrected chi connectivity index (χ2v) is 11.1. The van der Waals surface area contributed by atoms with Crippen molar-refractivity contribution >= 4 is 5.91 Å². The number of fused-ring (bicyclic) bond motifs is 1. The molecule has 3 aliphatic rings. The van der Waals surface area contributed by atoms with Gasteiger partial charge >= 0.3 is 0 Å². The summed E-state index contributed by atoms with van der Waals surface area (Å²) < 4.78 is 2.09. The zero-order valence-corrected chi connectivity index (χ0v) is 21.8. The average molecular weight is 478 g/mol. The summed E-state index contributed by atoms with van der Waals surface area (Å²) in [4.78, 5) is 18.0. The van der Waals surface area contributed by atoms with Crippen molar-refractivity contribution in [3.05, 3.63) is 52.8 Å². The molecule has 5 rings (SSSR count). The van der Waals surface area contributed by atoms with E-state index in [2.05, 4.69) is 59.2 Å². The summed E-state index contributed by atoms with van der Waals surface area (Å²) in [7, 11) is 2.15. The Morgan fingerprint density at radius 3 is 2.63 bits per heavy atom. The van der Waals surface area contributed by atoms with Crippen LogP contribution in [0.15, 0.2) is 30.3 Å². The number of carbonyl (C=O) groups excluding carboxylic acids is 1. The van der Waals surface area contributed by atoms with Crippen LogP contribution in [0.5, 0.6) is 0 Å². The lowest BCUT2D eigenvalue weighted by molar-refractivity contribution is 0.0754. The Labute approximate surface area is 211 Å². The van der Waals surface area contributed by atoms with Crippen LogP contribution >= 0.6 is 0 Å². The number of likely N-dealkylation sites (N-methyl/N-ethyl adjacent to an activating group) is 1. The standard InChI is InChI=1S/C29H43N5O/c1-3-34-26-14-13-24(30-22-29(15-8-5-9-16-29)23-11-6-4-7-12-23)21-25(26)27(31-34)28(35)33-18-10-17-32(2)19-20-33/h4,6-7,11-12,24,30H,3,5,8-10,13-22H2,1-2H3/t24-/m1/s1. The topological polar surface area (TPSA) is 53.4 Å². The van der Waals surface area contributed by atoms with Gasteiger partial charge in [-0.1, -0.05) is 49.6 Å². The van der Waals surface area contributed by atoms with Crippen LogP contribution in [-0.4, -0.2) is 71.3 Å². The van der Waals surface area contributed by atoms with Crippen molar-refractivity contribution in [2.75, 3.05) is 39.8 Å². The molecular formula is C29H43N5O. The summed E-state index contributed by atoms with van der Waals surface area (Å²) in [5, 5.41) is 8.86. The molecule has 1 atom stereocenters. The van der Waals surface area contributed by atoms with Gasteiger partial charge in [0.05, 0.1) is 0 Å². The first kappa shape index (κ1) is 24.5. The van der Waals surface area contributed by atoms with E-state index < -0.39 is 0 Å². The van der Waals surface area contributed by atoms with Crippen LogP contribution in [0.1, 0.15) is 79.2 Å². The van der Waals surface area contributed by atoms with Crippen LogP contribution in [0.3, 0.4) is 0 Å². The van der Waals surface area contributed by atoms with Crippen LogP contribution in [0, 0.1) is 0 Å². The van der Waals surface area contributed by atoms with Crippen LogP contribution in [-0.2, 0) is 24.8 Å². The zero-order valence-electron chi connectivity index (χ0n) is 21.8. The number of hydrogen-bond acceptors (Lipinski definition) is 4. The number of hydrogen-bond donors (Lipinski definition) is 1. The quantitative estimate of drug-likeness (QED) is 0.683. The molecule has 0 radical (unpaired) electrons. The largest absolute Gasteiger partial charge is 0.336 e.